The maximum Gasteiger partial charge on any atom is 0.244 e. The minimum atomic E-state index is -3.49. The second-order valence-electron chi connectivity index (χ2n) is 4.29. The summed E-state index contributed by atoms with van der Waals surface area (Å²) in [5.41, 5.74) is 0.646. The van der Waals surface area contributed by atoms with Gasteiger partial charge in [0.25, 0.3) is 0 Å². The second kappa shape index (κ2) is 5.03. The van der Waals surface area contributed by atoms with Gasteiger partial charge in [0.05, 0.1) is 5.71 Å². The van der Waals surface area contributed by atoms with Gasteiger partial charge in [0, 0.05) is 37.8 Å². The average molecular weight is 269 g/mol. The number of hydrogen-bond donors (Lipinski definition) is 1. The lowest BCUT2D eigenvalue weighted by Crippen LogP contribution is -2.43. The van der Waals surface area contributed by atoms with E-state index in [2.05, 4.69) is 10.1 Å². The van der Waals surface area contributed by atoms with Crippen molar-refractivity contribution in [3.05, 3.63) is 24.5 Å². The molecule has 1 aromatic rings. The molecule has 6 nitrogen and oxygen atoms in total. The van der Waals surface area contributed by atoms with Gasteiger partial charge in [-0.15, -0.1) is 0 Å². The Hall–Kier alpha value is -1.47. The highest BCUT2D eigenvalue weighted by Gasteiger charge is 2.31. The van der Waals surface area contributed by atoms with Crippen molar-refractivity contribution in [1.82, 2.24) is 9.29 Å². The van der Waals surface area contributed by atoms with Crippen LogP contribution in [-0.2, 0) is 10.0 Å². The fourth-order valence-corrected chi connectivity index (χ4v) is 3.50. The number of rotatable bonds is 2. The van der Waals surface area contributed by atoms with E-state index in [4.69, 9.17) is 5.21 Å². The van der Waals surface area contributed by atoms with Crippen molar-refractivity contribution >= 4 is 15.7 Å². The summed E-state index contributed by atoms with van der Waals surface area (Å²) in [6, 6.07) is 3.13. The third kappa shape index (κ3) is 2.37. The Kier molecular flexibility index (Phi) is 3.63. The van der Waals surface area contributed by atoms with Gasteiger partial charge in [0.1, 0.15) is 4.90 Å². The van der Waals surface area contributed by atoms with Crippen LogP contribution in [0, 0.1) is 5.92 Å². The van der Waals surface area contributed by atoms with Gasteiger partial charge in [-0.05, 0) is 12.1 Å². The molecule has 7 heteroatoms. The smallest absolute Gasteiger partial charge is 0.244 e. The predicted molar refractivity (Wildman–Crippen MR) is 66.0 cm³/mol. The van der Waals surface area contributed by atoms with Gasteiger partial charge in [0.15, 0.2) is 0 Å². The van der Waals surface area contributed by atoms with Gasteiger partial charge in [0.2, 0.25) is 10.0 Å². The molecule has 0 spiro atoms. The molecule has 0 aliphatic carbocycles. The van der Waals surface area contributed by atoms with E-state index in [1.165, 1.54) is 22.8 Å². The SMILES string of the molecule is CC1CN(S(=O)(=O)c2cccnc2)CC/C1=N\O. The van der Waals surface area contributed by atoms with Gasteiger partial charge in [-0.2, -0.15) is 4.31 Å². The van der Waals surface area contributed by atoms with Crippen LogP contribution in [0.1, 0.15) is 13.3 Å². The van der Waals surface area contributed by atoms with Crippen molar-refractivity contribution in [1.29, 1.82) is 0 Å². The molecule has 1 aliphatic heterocycles. The Labute approximate surface area is 106 Å². The van der Waals surface area contributed by atoms with Crippen LogP contribution in [0.25, 0.3) is 0 Å². The summed E-state index contributed by atoms with van der Waals surface area (Å²) in [6.45, 7) is 2.51. The lowest BCUT2D eigenvalue weighted by atomic mass is 10.00. The first-order valence-electron chi connectivity index (χ1n) is 5.66. The van der Waals surface area contributed by atoms with Crippen LogP contribution in [0.3, 0.4) is 0 Å². The predicted octanol–water partition coefficient (Wildman–Crippen LogP) is 0.942. The first-order chi connectivity index (χ1) is 8.55. The van der Waals surface area contributed by atoms with E-state index in [1.54, 1.807) is 6.07 Å². The molecule has 1 unspecified atom stereocenters. The maximum atomic E-state index is 12.3. The molecular formula is C11H15N3O3S. The summed E-state index contributed by atoms with van der Waals surface area (Å²) in [5.74, 6) is -0.0739. The molecule has 1 saturated heterocycles. The molecule has 0 saturated carbocycles. The molecule has 1 N–H and O–H groups in total. The van der Waals surface area contributed by atoms with Crippen molar-refractivity contribution in [2.75, 3.05) is 13.1 Å². The summed E-state index contributed by atoms with van der Waals surface area (Å²) >= 11 is 0. The van der Waals surface area contributed by atoms with Crippen molar-refractivity contribution in [3.8, 4) is 0 Å². The number of sulfonamides is 1. The normalized spacial score (nSPS) is 24.3. The zero-order valence-electron chi connectivity index (χ0n) is 10.0. The number of pyridine rings is 1. The molecule has 1 aliphatic rings. The van der Waals surface area contributed by atoms with Crippen LogP contribution in [-0.4, -0.2) is 41.7 Å². The van der Waals surface area contributed by atoms with Crippen LogP contribution in [0.2, 0.25) is 0 Å². The zero-order valence-corrected chi connectivity index (χ0v) is 10.8. The highest BCUT2D eigenvalue weighted by atomic mass is 32.2. The molecule has 2 rings (SSSR count). The number of hydrogen-bond acceptors (Lipinski definition) is 5. The van der Waals surface area contributed by atoms with Gasteiger partial charge in [-0.3, -0.25) is 4.98 Å². The Morgan fingerprint density at radius 1 is 1.56 bits per heavy atom. The van der Waals surface area contributed by atoms with Crippen LogP contribution < -0.4 is 0 Å². The third-order valence-electron chi connectivity index (χ3n) is 3.06. The Morgan fingerprint density at radius 3 is 2.89 bits per heavy atom. The topological polar surface area (TPSA) is 82.9 Å². The largest absolute Gasteiger partial charge is 0.411 e. The molecule has 0 radical (unpaired) electrons. The molecule has 0 amide bonds. The van der Waals surface area contributed by atoms with Gasteiger partial charge >= 0.3 is 0 Å². The molecule has 1 fully saturated rings. The first kappa shape index (κ1) is 13.0. The Bertz CT molecular complexity index is 542. The molecule has 18 heavy (non-hydrogen) atoms. The molecular weight excluding hydrogens is 254 g/mol. The van der Waals surface area contributed by atoms with E-state index in [0.717, 1.165) is 0 Å². The van der Waals surface area contributed by atoms with Crippen molar-refractivity contribution in [3.63, 3.8) is 0 Å². The van der Waals surface area contributed by atoms with E-state index < -0.39 is 10.0 Å². The first-order valence-corrected chi connectivity index (χ1v) is 7.10. The second-order valence-corrected chi connectivity index (χ2v) is 6.23. The summed E-state index contributed by atoms with van der Waals surface area (Å²) in [5, 5.41) is 12.0. The molecule has 98 valence electrons. The minimum Gasteiger partial charge on any atom is -0.411 e. The van der Waals surface area contributed by atoms with Crippen molar-refractivity contribution in [2.45, 2.75) is 18.2 Å². The van der Waals surface area contributed by atoms with Crippen molar-refractivity contribution in [2.24, 2.45) is 11.1 Å². The monoisotopic (exact) mass is 269 g/mol. The third-order valence-corrected chi connectivity index (χ3v) is 4.91. The number of aromatic nitrogens is 1. The van der Waals surface area contributed by atoms with E-state index in [-0.39, 0.29) is 10.8 Å². The van der Waals surface area contributed by atoms with Gasteiger partial charge in [-0.25, -0.2) is 8.42 Å². The van der Waals surface area contributed by atoms with E-state index in [9.17, 15) is 8.42 Å². The quantitative estimate of drug-likeness (QED) is 0.640. The summed E-state index contributed by atoms with van der Waals surface area (Å²) in [6.07, 6.45) is 3.33. The van der Waals surface area contributed by atoms with E-state index in [0.29, 0.717) is 25.2 Å². The lowest BCUT2D eigenvalue weighted by molar-refractivity contribution is 0.300. The fraction of sp³-hybridized carbons (Fsp3) is 0.455. The van der Waals surface area contributed by atoms with Crippen LogP contribution in [0.4, 0.5) is 0 Å². The Balaban J connectivity index is 2.23. The molecule has 0 aromatic carbocycles. The van der Waals surface area contributed by atoms with Crippen LogP contribution >= 0.6 is 0 Å². The van der Waals surface area contributed by atoms with Gasteiger partial charge < -0.3 is 5.21 Å². The van der Waals surface area contributed by atoms with Crippen LogP contribution in [0.5, 0.6) is 0 Å². The average Bonchev–Trinajstić information content (AvgIpc) is 2.39. The van der Waals surface area contributed by atoms with E-state index >= 15 is 0 Å². The molecule has 0 bridgehead atoms. The summed E-state index contributed by atoms with van der Waals surface area (Å²) in [4.78, 5) is 4.02. The number of nitrogens with zero attached hydrogens (tertiary/aromatic N) is 3. The standard InChI is InChI=1S/C11H15N3O3S/c1-9-8-14(6-4-11(9)13-15)18(16,17)10-3-2-5-12-7-10/h2-3,5,7,9,15H,4,6,8H2,1H3/b13-11+. The molecule has 1 aromatic heterocycles. The van der Waals surface area contributed by atoms with Crippen LogP contribution in [0.15, 0.2) is 34.6 Å². The Morgan fingerprint density at radius 2 is 2.33 bits per heavy atom. The van der Waals surface area contributed by atoms with E-state index in [1.807, 2.05) is 6.92 Å². The lowest BCUT2D eigenvalue weighted by Gasteiger charge is -2.30. The number of piperidine rings is 1. The summed E-state index contributed by atoms with van der Waals surface area (Å²) in [7, 11) is -3.49. The van der Waals surface area contributed by atoms with Crippen molar-refractivity contribution < 1.29 is 13.6 Å². The van der Waals surface area contributed by atoms with Gasteiger partial charge in [-0.1, -0.05) is 12.1 Å². The fourth-order valence-electron chi connectivity index (χ4n) is 2.00. The molecule has 1 atom stereocenters. The maximum absolute atomic E-state index is 12.3. The highest BCUT2D eigenvalue weighted by molar-refractivity contribution is 7.89. The number of oxime groups is 1. The minimum absolute atomic E-state index is 0.0739. The zero-order chi connectivity index (χ0) is 13.2. The summed E-state index contributed by atoms with van der Waals surface area (Å²) < 4.78 is 26.0. The highest BCUT2D eigenvalue weighted by Crippen LogP contribution is 2.21. The molecule has 2 heterocycles.